The number of hydrogen-bond donors (Lipinski definition) is 2. The van der Waals surface area contributed by atoms with Gasteiger partial charge in [-0.2, -0.15) is 0 Å². The second-order valence-corrected chi connectivity index (χ2v) is 6.20. The maximum Gasteiger partial charge on any atom is 0.352 e. The number of hydrogen-bond acceptors (Lipinski definition) is 2. The molecule has 134 valence electrons. The number of carboxylic acids is 1. The summed E-state index contributed by atoms with van der Waals surface area (Å²) in [5.74, 6) is -1.83. The van der Waals surface area contributed by atoms with Gasteiger partial charge in [0.1, 0.15) is 11.5 Å². The summed E-state index contributed by atoms with van der Waals surface area (Å²) in [7, 11) is 0. The number of nitrogens with zero attached hydrogens (tertiary/aromatic N) is 1. The molecule has 0 aliphatic rings. The zero-order valence-corrected chi connectivity index (χ0v) is 14.7. The van der Waals surface area contributed by atoms with Crippen LogP contribution < -0.4 is 4.90 Å². The Bertz CT molecular complexity index is 982. The zero-order valence-electron chi connectivity index (χ0n) is 13.9. The van der Waals surface area contributed by atoms with Gasteiger partial charge in [-0.1, -0.05) is 11.6 Å². The molecule has 0 fully saturated rings. The summed E-state index contributed by atoms with van der Waals surface area (Å²) < 4.78 is 13.1. The molecule has 0 saturated heterocycles. The van der Waals surface area contributed by atoms with Crippen molar-refractivity contribution in [2.45, 2.75) is 13.3 Å². The van der Waals surface area contributed by atoms with Crippen LogP contribution >= 0.6 is 11.6 Å². The monoisotopic (exact) mass is 374 g/mol. The average molecular weight is 375 g/mol. The van der Waals surface area contributed by atoms with E-state index in [0.29, 0.717) is 33.7 Å². The molecule has 0 aliphatic heterocycles. The molecule has 0 unspecified atom stereocenters. The van der Waals surface area contributed by atoms with Crippen molar-refractivity contribution in [2.75, 3.05) is 11.4 Å². The third-order valence-corrected chi connectivity index (χ3v) is 4.40. The molecule has 0 spiro atoms. The number of carboxylic acid groups (broad SMARTS) is 1. The molecule has 26 heavy (non-hydrogen) atoms. The molecule has 3 rings (SSSR count). The van der Waals surface area contributed by atoms with Gasteiger partial charge in [0.2, 0.25) is 5.91 Å². The summed E-state index contributed by atoms with van der Waals surface area (Å²) in [6.07, 6.45) is -0.118. The first-order valence-corrected chi connectivity index (χ1v) is 8.37. The van der Waals surface area contributed by atoms with Crippen molar-refractivity contribution in [1.29, 1.82) is 0 Å². The second kappa shape index (κ2) is 7.17. The van der Waals surface area contributed by atoms with Crippen molar-refractivity contribution >= 4 is 40.1 Å². The molecule has 3 aromatic rings. The Morgan fingerprint density at radius 1 is 1.19 bits per heavy atom. The molecular formula is C19H16ClFN2O3. The van der Waals surface area contributed by atoms with E-state index in [2.05, 4.69) is 4.98 Å². The lowest BCUT2D eigenvalue weighted by molar-refractivity contribution is -0.117. The maximum atomic E-state index is 13.1. The van der Waals surface area contributed by atoms with Gasteiger partial charge in [-0.05, 0) is 49.4 Å². The minimum atomic E-state index is -1.15. The Labute approximate surface area is 154 Å². The van der Waals surface area contributed by atoms with Crippen molar-refractivity contribution in [2.24, 2.45) is 0 Å². The number of benzene rings is 2. The number of carbonyl (C=O) groups excluding carboxylic acids is 1. The Balaban J connectivity index is 2.00. The predicted molar refractivity (Wildman–Crippen MR) is 98.4 cm³/mol. The van der Waals surface area contributed by atoms with Gasteiger partial charge in [-0.25, -0.2) is 9.18 Å². The molecule has 5 nitrogen and oxygen atoms in total. The van der Waals surface area contributed by atoms with Gasteiger partial charge in [0.05, 0.1) is 6.42 Å². The highest BCUT2D eigenvalue weighted by Crippen LogP contribution is 2.27. The number of H-pyrrole nitrogens is 1. The third-order valence-electron chi connectivity index (χ3n) is 4.17. The molecule has 1 aromatic heterocycles. The van der Waals surface area contributed by atoms with Crippen LogP contribution in [0.3, 0.4) is 0 Å². The summed E-state index contributed by atoms with van der Waals surface area (Å²) >= 11 is 6.02. The summed E-state index contributed by atoms with van der Waals surface area (Å²) in [4.78, 5) is 28.7. The number of likely N-dealkylation sites (N-methyl/N-ethyl adjacent to an activating group) is 1. The van der Waals surface area contributed by atoms with Crippen LogP contribution in [0.25, 0.3) is 10.9 Å². The molecular weight excluding hydrogens is 359 g/mol. The van der Waals surface area contributed by atoms with Crippen LogP contribution in [0.4, 0.5) is 10.1 Å². The summed E-state index contributed by atoms with van der Waals surface area (Å²) in [6, 6.07) is 10.5. The molecule has 0 aliphatic carbocycles. The molecule has 1 amide bonds. The minimum Gasteiger partial charge on any atom is -0.477 e. The second-order valence-electron chi connectivity index (χ2n) is 5.76. The van der Waals surface area contributed by atoms with Gasteiger partial charge < -0.3 is 15.0 Å². The largest absolute Gasteiger partial charge is 0.477 e. The number of nitrogens with one attached hydrogen (secondary N) is 1. The third kappa shape index (κ3) is 3.41. The highest BCUT2D eigenvalue weighted by atomic mass is 35.5. The van der Waals surface area contributed by atoms with Gasteiger partial charge >= 0.3 is 5.97 Å². The van der Waals surface area contributed by atoms with Crippen LogP contribution in [0.1, 0.15) is 23.0 Å². The SMILES string of the molecule is CCN(C(=O)Cc1c(C(=O)O)[nH]c2ccc(Cl)cc12)c1ccc(F)cc1. The Morgan fingerprint density at radius 3 is 2.50 bits per heavy atom. The smallest absolute Gasteiger partial charge is 0.352 e. The lowest BCUT2D eigenvalue weighted by Crippen LogP contribution is -2.32. The minimum absolute atomic E-state index is 0.0363. The Kier molecular flexibility index (Phi) is 4.95. The van der Waals surface area contributed by atoms with Gasteiger partial charge in [0.25, 0.3) is 0 Å². The summed E-state index contributed by atoms with van der Waals surface area (Å²) in [5, 5.41) is 10.5. The lowest BCUT2D eigenvalue weighted by Gasteiger charge is -2.21. The molecule has 1 heterocycles. The van der Waals surface area contributed by atoms with E-state index in [4.69, 9.17) is 11.6 Å². The van der Waals surface area contributed by atoms with E-state index in [1.807, 2.05) is 0 Å². The van der Waals surface area contributed by atoms with E-state index in [-0.39, 0.29) is 18.0 Å². The molecule has 0 bridgehead atoms. The van der Waals surface area contributed by atoms with Crippen LogP contribution in [0.15, 0.2) is 42.5 Å². The number of rotatable bonds is 5. The molecule has 0 saturated carbocycles. The fourth-order valence-electron chi connectivity index (χ4n) is 2.96. The average Bonchev–Trinajstić information content (AvgIpc) is 2.95. The first-order chi connectivity index (χ1) is 12.4. The van der Waals surface area contributed by atoms with Gasteiger partial charge in [0.15, 0.2) is 0 Å². The standard InChI is InChI=1S/C19H16ClFN2O3/c1-2-23(13-6-4-12(21)5-7-13)17(24)10-15-14-9-11(20)3-8-16(14)22-18(15)19(25)26/h3-9,22H,2,10H2,1H3,(H,25,26). The number of aromatic carboxylic acids is 1. The summed E-state index contributed by atoms with van der Waals surface area (Å²) in [6.45, 7) is 2.17. The number of carbonyl (C=O) groups is 2. The number of amides is 1. The normalized spacial score (nSPS) is 10.9. The van der Waals surface area contributed by atoms with E-state index < -0.39 is 11.8 Å². The molecule has 2 N–H and O–H groups in total. The van der Waals surface area contributed by atoms with Gasteiger partial charge in [-0.3, -0.25) is 4.79 Å². The van der Waals surface area contributed by atoms with Crippen molar-refractivity contribution in [3.8, 4) is 0 Å². The predicted octanol–water partition coefficient (Wildman–Crippen LogP) is 4.25. The van der Waals surface area contributed by atoms with E-state index in [9.17, 15) is 19.1 Å². The molecule has 0 atom stereocenters. The Hall–Kier alpha value is -2.86. The van der Waals surface area contributed by atoms with Crippen LogP contribution in [-0.4, -0.2) is 28.5 Å². The number of aromatic amines is 1. The Morgan fingerprint density at radius 2 is 1.88 bits per heavy atom. The number of aromatic nitrogens is 1. The summed E-state index contributed by atoms with van der Waals surface area (Å²) in [5.41, 5.74) is 1.49. The highest BCUT2D eigenvalue weighted by Gasteiger charge is 2.22. The van der Waals surface area contributed by atoms with Crippen molar-refractivity contribution in [3.63, 3.8) is 0 Å². The van der Waals surface area contributed by atoms with Gasteiger partial charge in [0, 0.05) is 33.7 Å². The maximum absolute atomic E-state index is 13.1. The number of halogens is 2. The van der Waals surface area contributed by atoms with E-state index in [0.717, 1.165) is 0 Å². The van der Waals surface area contributed by atoms with Crippen LogP contribution in [0.5, 0.6) is 0 Å². The molecule has 0 radical (unpaired) electrons. The molecule has 2 aromatic carbocycles. The number of fused-ring (bicyclic) bond motifs is 1. The van der Waals surface area contributed by atoms with E-state index in [1.165, 1.54) is 29.2 Å². The first kappa shape index (κ1) is 17.9. The number of anilines is 1. The fourth-order valence-corrected chi connectivity index (χ4v) is 3.13. The fraction of sp³-hybridized carbons (Fsp3) is 0.158. The first-order valence-electron chi connectivity index (χ1n) is 8.00. The zero-order chi connectivity index (χ0) is 18.8. The highest BCUT2D eigenvalue weighted by molar-refractivity contribution is 6.31. The van der Waals surface area contributed by atoms with E-state index >= 15 is 0 Å². The van der Waals surface area contributed by atoms with Crippen molar-refractivity contribution in [3.05, 3.63) is 64.6 Å². The van der Waals surface area contributed by atoms with E-state index in [1.54, 1.807) is 25.1 Å². The topological polar surface area (TPSA) is 73.4 Å². The van der Waals surface area contributed by atoms with Crippen LogP contribution in [-0.2, 0) is 11.2 Å². The van der Waals surface area contributed by atoms with Crippen molar-refractivity contribution < 1.29 is 19.1 Å². The quantitative estimate of drug-likeness (QED) is 0.701. The molecule has 7 heteroatoms. The van der Waals surface area contributed by atoms with Crippen LogP contribution in [0.2, 0.25) is 5.02 Å². The van der Waals surface area contributed by atoms with Crippen LogP contribution in [0, 0.1) is 5.82 Å². The van der Waals surface area contributed by atoms with Gasteiger partial charge in [-0.15, -0.1) is 0 Å². The van der Waals surface area contributed by atoms with Crippen molar-refractivity contribution in [1.82, 2.24) is 4.98 Å². The lowest BCUT2D eigenvalue weighted by atomic mass is 10.1.